The van der Waals surface area contributed by atoms with Crippen LogP contribution in [0.2, 0.25) is 0 Å². The quantitative estimate of drug-likeness (QED) is 0.790. The Bertz CT molecular complexity index is 399. The summed E-state index contributed by atoms with van der Waals surface area (Å²) in [5.74, 6) is 2.52. The van der Waals surface area contributed by atoms with Gasteiger partial charge in [0.05, 0.1) is 0 Å². The molecule has 0 atom stereocenters. The normalized spacial score (nSPS) is 11.7. The zero-order chi connectivity index (χ0) is 14.5. The summed E-state index contributed by atoms with van der Waals surface area (Å²) in [6.07, 6.45) is 3.70. The van der Waals surface area contributed by atoms with Gasteiger partial charge in [0.2, 0.25) is 0 Å². The molecule has 108 valence electrons. The van der Waals surface area contributed by atoms with Crippen molar-refractivity contribution in [2.45, 2.75) is 47.5 Å². The first-order chi connectivity index (χ1) is 8.92. The van der Waals surface area contributed by atoms with Crippen LogP contribution in [0.1, 0.15) is 46.6 Å². The Kier molecular flexibility index (Phi) is 5.58. The van der Waals surface area contributed by atoms with Crippen molar-refractivity contribution >= 4 is 11.6 Å². The molecule has 0 amide bonds. The van der Waals surface area contributed by atoms with Gasteiger partial charge in [-0.1, -0.05) is 41.0 Å². The molecule has 19 heavy (non-hydrogen) atoms. The molecule has 0 fully saturated rings. The van der Waals surface area contributed by atoms with Crippen molar-refractivity contribution in [1.29, 1.82) is 0 Å². The topological polar surface area (TPSA) is 49.8 Å². The van der Waals surface area contributed by atoms with Crippen LogP contribution in [0.15, 0.2) is 6.33 Å². The van der Waals surface area contributed by atoms with Crippen molar-refractivity contribution in [1.82, 2.24) is 9.97 Å². The number of anilines is 2. The largest absolute Gasteiger partial charge is 0.373 e. The van der Waals surface area contributed by atoms with Crippen LogP contribution >= 0.6 is 0 Å². The SMILES string of the molecule is CCCc1c(NC)ncnc1NCC(C)(C)C(C)C. The van der Waals surface area contributed by atoms with E-state index in [0.29, 0.717) is 5.92 Å². The highest BCUT2D eigenvalue weighted by Crippen LogP contribution is 2.28. The summed E-state index contributed by atoms with van der Waals surface area (Å²) in [5.41, 5.74) is 1.43. The van der Waals surface area contributed by atoms with E-state index in [4.69, 9.17) is 0 Å². The standard InChI is InChI=1S/C15H28N4/c1-7-8-12-13(16-6)18-10-19-14(12)17-9-15(4,5)11(2)3/h10-11H,7-9H2,1-6H3,(H2,16,17,18,19). The minimum absolute atomic E-state index is 0.244. The lowest BCUT2D eigenvalue weighted by atomic mass is 9.81. The first kappa shape index (κ1) is 15.7. The molecule has 4 heteroatoms. The average Bonchev–Trinajstić information content (AvgIpc) is 2.37. The van der Waals surface area contributed by atoms with Gasteiger partial charge in [-0.05, 0) is 17.8 Å². The highest BCUT2D eigenvalue weighted by atomic mass is 15.1. The van der Waals surface area contributed by atoms with Gasteiger partial charge in [-0.25, -0.2) is 9.97 Å². The molecule has 4 nitrogen and oxygen atoms in total. The summed E-state index contributed by atoms with van der Waals surface area (Å²) in [6.45, 7) is 12.2. The molecule has 1 rings (SSSR count). The fourth-order valence-corrected chi connectivity index (χ4v) is 1.78. The molecule has 1 heterocycles. The number of nitrogens with one attached hydrogen (secondary N) is 2. The van der Waals surface area contributed by atoms with E-state index in [2.05, 4.69) is 55.2 Å². The van der Waals surface area contributed by atoms with E-state index in [-0.39, 0.29) is 5.41 Å². The molecule has 0 bridgehead atoms. The molecule has 0 saturated carbocycles. The summed E-state index contributed by atoms with van der Waals surface area (Å²) >= 11 is 0. The Morgan fingerprint density at radius 1 is 1.21 bits per heavy atom. The minimum atomic E-state index is 0.244. The summed E-state index contributed by atoms with van der Waals surface area (Å²) in [4.78, 5) is 8.70. The Hall–Kier alpha value is -1.32. The molecular weight excluding hydrogens is 236 g/mol. The van der Waals surface area contributed by atoms with Gasteiger partial charge in [0.1, 0.15) is 18.0 Å². The summed E-state index contributed by atoms with van der Waals surface area (Å²) in [5, 5.41) is 6.65. The fraction of sp³-hybridized carbons (Fsp3) is 0.733. The van der Waals surface area contributed by atoms with Crippen LogP contribution in [0.5, 0.6) is 0 Å². The van der Waals surface area contributed by atoms with E-state index >= 15 is 0 Å². The van der Waals surface area contributed by atoms with Gasteiger partial charge in [-0.3, -0.25) is 0 Å². The number of nitrogens with zero attached hydrogens (tertiary/aromatic N) is 2. The predicted molar refractivity (Wildman–Crippen MR) is 82.7 cm³/mol. The lowest BCUT2D eigenvalue weighted by Gasteiger charge is -2.30. The van der Waals surface area contributed by atoms with Crippen molar-refractivity contribution < 1.29 is 0 Å². The van der Waals surface area contributed by atoms with E-state index in [1.165, 1.54) is 5.56 Å². The van der Waals surface area contributed by atoms with Gasteiger partial charge in [-0.15, -0.1) is 0 Å². The Balaban J connectivity index is 2.88. The summed E-state index contributed by atoms with van der Waals surface area (Å²) < 4.78 is 0. The Morgan fingerprint density at radius 3 is 2.37 bits per heavy atom. The van der Waals surface area contributed by atoms with Crippen LogP contribution in [0, 0.1) is 11.3 Å². The van der Waals surface area contributed by atoms with Gasteiger partial charge in [0, 0.05) is 19.2 Å². The van der Waals surface area contributed by atoms with Crippen LogP contribution in [-0.4, -0.2) is 23.6 Å². The van der Waals surface area contributed by atoms with Crippen molar-refractivity contribution in [2.24, 2.45) is 11.3 Å². The van der Waals surface area contributed by atoms with Crippen LogP contribution in [0.4, 0.5) is 11.6 Å². The van der Waals surface area contributed by atoms with Gasteiger partial charge >= 0.3 is 0 Å². The second-order valence-corrected chi connectivity index (χ2v) is 6.05. The Morgan fingerprint density at radius 2 is 1.84 bits per heavy atom. The number of hydrogen-bond acceptors (Lipinski definition) is 4. The van der Waals surface area contributed by atoms with E-state index in [1.54, 1.807) is 6.33 Å². The predicted octanol–water partition coefficient (Wildman–Crippen LogP) is 3.56. The highest BCUT2D eigenvalue weighted by molar-refractivity contribution is 5.57. The smallest absolute Gasteiger partial charge is 0.134 e. The van der Waals surface area contributed by atoms with Crippen LogP contribution < -0.4 is 10.6 Å². The van der Waals surface area contributed by atoms with Crippen LogP contribution in [-0.2, 0) is 6.42 Å². The molecular formula is C15H28N4. The van der Waals surface area contributed by atoms with Crippen molar-refractivity contribution in [3.63, 3.8) is 0 Å². The monoisotopic (exact) mass is 264 g/mol. The second kappa shape index (κ2) is 6.73. The molecule has 1 aromatic heterocycles. The van der Waals surface area contributed by atoms with Crippen molar-refractivity contribution in [2.75, 3.05) is 24.2 Å². The van der Waals surface area contributed by atoms with E-state index in [1.807, 2.05) is 7.05 Å². The zero-order valence-corrected chi connectivity index (χ0v) is 13.2. The average molecular weight is 264 g/mol. The Labute approximate surface area is 117 Å². The molecule has 0 radical (unpaired) electrons. The van der Waals surface area contributed by atoms with E-state index in [0.717, 1.165) is 31.0 Å². The minimum Gasteiger partial charge on any atom is -0.373 e. The van der Waals surface area contributed by atoms with E-state index < -0.39 is 0 Å². The maximum atomic E-state index is 4.41. The van der Waals surface area contributed by atoms with Crippen molar-refractivity contribution in [3.8, 4) is 0 Å². The van der Waals surface area contributed by atoms with Crippen LogP contribution in [0.25, 0.3) is 0 Å². The molecule has 0 aliphatic heterocycles. The molecule has 0 saturated heterocycles. The van der Waals surface area contributed by atoms with Gasteiger partial charge in [0.25, 0.3) is 0 Å². The number of hydrogen-bond donors (Lipinski definition) is 2. The molecule has 0 aliphatic carbocycles. The molecule has 1 aromatic rings. The van der Waals surface area contributed by atoms with Gasteiger partial charge < -0.3 is 10.6 Å². The molecule has 0 aromatic carbocycles. The molecule has 0 unspecified atom stereocenters. The third-order valence-electron chi connectivity index (χ3n) is 3.96. The van der Waals surface area contributed by atoms with Gasteiger partial charge in [0.15, 0.2) is 0 Å². The second-order valence-electron chi connectivity index (χ2n) is 6.05. The molecule has 0 spiro atoms. The fourth-order valence-electron chi connectivity index (χ4n) is 1.78. The third-order valence-corrected chi connectivity index (χ3v) is 3.96. The number of aromatic nitrogens is 2. The van der Waals surface area contributed by atoms with Gasteiger partial charge in [-0.2, -0.15) is 0 Å². The zero-order valence-electron chi connectivity index (χ0n) is 13.2. The van der Waals surface area contributed by atoms with E-state index in [9.17, 15) is 0 Å². The summed E-state index contributed by atoms with van der Waals surface area (Å²) in [6, 6.07) is 0. The highest BCUT2D eigenvalue weighted by Gasteiger charge is 2.22. The van der Waals surface area contributed by atoms with Crippen molar-refractivity contribution in [3.05, 3.63) is 11.9 Å². The van der Waals surface area contributed by atoms with Crippen LogP contribution in [0.3, 0.4) is 0 Å². The maximum absolute atomic E-state index is 4.41. The number of rotatable bonds is 7. The molecule has 2 N–H and O–H groups in total. The first-order valence-corrected chi connectivity index (χ1v) is 7.17. The summed E-state index contributed by atoms with van der Waals surface area (Å²) in [7, 11) is 1.91. The maximum Gasteiger partial charge on any atom is 0.134 e. The lowest BCUT2D eigenvalue weighted by molar-refractivity contribution is 0.269. The molecule has 0 aliphatic rings. The third kappa shape index (κ3) is 4.08. The first-order valence-electron chi connectivity index (χ1n) is 7.17. The lowest BCUT2D eigenvalue weighted by Crippen LogP contribution is -2.29.